The van der Waals surface area contributed by atoms with E-state index >= 15 is 0 Å². The fraction of sp³-hybridized carbons (Fsp3) is 0.400. The largest absolute Gasteiger partial charge is 0.436 e. The number of aromatic amines is 1. The average Bonchev–Trinajstić information content (AvgIpc) is 3.74. The molecule has 0 bridgehead atoms. The van der Waals surface area contributed by atoms with Crippen molar-refractivity contribution in [3.05, 3.63) is 111 Å². The van der Waals surface area contributed by atoms with Gasteiger partial charge < -0.3 is 24.7 Å². The number of allylic oxidation sites excluding steroid dienone is 1. The molecule has 2 aliphatic carbocycles. The number of aromatic nitrogens is 3. The Morgan fingerprint density at radius 3 is 2.62 bits per heavy atom. The van der Waals surface area contributed by atoms with Gasteiger partial charge in [-0.3, -0.25) is 24.5 Å². The van der Waals surface area contributed by atoms with Gasteiger partial charge in [-0.25, -0.2) is 4.98 Å². The molecule has 2 aliphatic heterocycles. The molecule has 13 nitrogen and oxygen atoms in total. The second-order valence-electron chi connectivity index (χ2n) is 16.5. The number of pyridine rings is 2. The van der Waals surface area contributed by atoms with Crippen LogP contribution in [0.15, 0.2) is 89.6 Å². The third-order valence-electron chi connectivity index (χ3n) is 12.7. The number of benzene rings is 2. The lowest BCUT2D eigenvalue weighted by Crippen LogP contribution is -2.47. The van der Waals surface area contributed by atoms with Crippen molar-refractivity contribution in [1.82, 2.24) is 24.6 Å². The van der Waals surface area contributed by atoms with E-state index in [0.29, 0.717) is 47.4 Å². The Kier molecular flexibility index (Phi) is 12.0. The third-order valence-corrected chi connectivity index (χ3v) is 13.7. The van der Waals surface area contributed by atoms with Crippen LogP contribution in [0.1, 0.15) is 67.3 Å². The summed E-state index contributed by atoms with van der Waals surface area (Å²) in [5.41, 5.74) is 6.18. The van der Waals surface area contributed by atoms with Gasteiger partial charge >= 0.3 is 0 Å². The number of ether oxygens (including phenoxy) is 2. The Morgan fingerprint density at radius 1 is 1.03 bits per heavy atom. The van der Waals surface area contributed by atoms with E-state index in [1.54, 1.807) is 30.0 Å². The van der Waals surface area contributed by atoms with E-state index in [4.69, 9.17) is 26.1 Å². The topological polar surface area (TPSA) is 151 Å². The van der Waals surface area contributed by atoms with E-state index in [1.165, 1.54) is 42.9 Å². The number of amides is 1. The first-order valence-corrected chi connectivity index (χ1v) is 22.1. The highest BCUT2D eigenvalue weighted by Gasteiger charge is 2.41. The number of carbonyl (C=O) groups is 1. The van der Waals surface area contributed by atoms with Crippen LogP contribution in [0.5, 0.6) is 11.6 Å². The number of carbonyl (C=O) groups excluding carboxylic acids is 1. The standard InChI is InChI=1S/C45H49ClN8O5S/c46-34-4-2-31(3-5-34)38-26-45(14-1-15-45)16-10-33(38)29-52-18-20-53(21-19-52)41-9-7-37(44(50-41)59-35-24-32-11-17-47-42(32)49-28-35)43(55)51-60-36-6-8-39(40(25-36)54(56)57)48-27-30-12-22-58-23-13-30/h2-9,11,17,24-25,28,30,48H,1,10,12-16,18-23,26-27,29H2,(H,47,49)(H,51,55). The molecule has 3 aromatic heterocycles. The zero-order valence-electron chi connectivity index (χ0n) is 33.5. The molecular weight excluding hydrogens is 800 g/mol. The lowest BCUT2D eigenvalue weighted by molar-refractivity contribution is -0.384. The van der Waals surface area contributed by atoms with E-state index in [1.807, 2.05) is 36.5 Å². The molecule has 1 spiro atoms. The molecule has 4 aliphatic rings. The summed E-state index contributed by atoms with van der Waals surface area (Å²) in [6.45, 7) is 6.30. The van der Waals surface area contributed by atoms with Gasteiger partial charge in [-0.15, -0.1) is 0 Å². The monoisotopic (exact) mass is 848 g/mol. The molecule has 3 fully saturated rings. The molecule has 9 rings (SSSR count). The van der Waals surface area contributed by atoms with Crippen molar-refractivity contribution >= 4 is 63.3 Å². The molecule has 5 aromatic rings. The summed E-state index contributed by atoms with van der Waals surface area (Å²) in [6, 6.07) is 20.7. The van der Waals surface area contributed by atoms with Gasteiger partial charge in [0.05, 0.1) is 11.1 Å². The molecule has 5 heterocycles. The van der Waals surface area contributed by atoms with Crippen LogP contribution in [-0.2, 0) is 4.74 Å². The Hall–Kier alpha value is -5.15. The van der Waals surface area contributed by atoms with Gasteiger partial charge in [-0.2, -0.15) is 4.98 Å². The summed E-state index contributed by atoms with van der Waals surface area (Å²) < 4.78 is 14.6. The maximum atomic E-state index is 13.8. The van der Waals surface area contributed by atoms with Crippen molar-refractivity contribution in [2.45, 2.75) is 56.3 Å². The Morgan fingerprint density at radius 2 is 1.85 bits per heavy atom. The molecule has 0 unspecified atom stereocenters. The molecule has 312 valence electrons. The van der Waals surface area contributed by atoms with Crippen LogP contribution in [0.25, 0.3) is 16.6 Å². The number of hydrogen-bond donors (Lipinski definition) is 3. The van der Waals surface area contributed by atoms with Crippen LogP contribution in [-0.4, -0.2) is 83.2 Å². The number of nitrogens with zero attached hydrogens (tertiary/aromatic N) is 5. The Bertz CT molecular complexity index is 2390. The smallest absolute Gasteiger partial charge is 0.293 e. The van der Waals surface area contributed by atoms with Crippen molar-refractivity contribution in [3.8, 4) is 11.6 Å². The number of piperazine rings is 1. The number of nitro benzene ring substituents is 1. The van der Waals surface area contributed by atoms with E-state index < -0.39 is 10.8 Å². The summed E-state index contributed by atoms with van der Waals surface area (Å²) >= 11 is 7.29. The molecule has 60 heavy (non-hydrogen) atoms. The molecular formula is C45H49ClN8O5S. The maximum Gasteiger partial charge on any atom is 0.293 e. The highest BCUT2D eigenvalue weighted by atomic mass is 35.5. The molecule has 1 saturated carbocycles. The predicted molar refractivity (Wildman–Crippen MR) is 236 cm³/mol. The molecule has 2 aromatic carbocycles. The Balaban J connectivity index is 0.894. The number of nitrogens with one attached hydrogen (secondary N) is 3. The normalized spacial score (nSPS) is 18.4. The third kappa shape index (κ3) is 9.12. The van der Waals surface area contributed by atoms with Crippen LogP contribution in [0, 0.1) is 21.4 Å². The zero-order valence-corrected chi connectivity index (χ0v) is 35.0. The van der Waals surface area contributed by atoms with Gasteiger partial charge in [0, 0.05) is 80.0 Å². The molecule has 1 amide bonds. The quantitative estimate of drug-likeness (QED) is 0.0591. The average molecular weight is 849 g/mol. The summed E-state index contributed by atoms with van der Waals surface area (Å²) in [7, 11) is 0. The number of rotatable bonds is 13. The first kappa shape index (κ1) is 40.3. The number of fused-ring (bicyclic) bond motifs is 1. The number of hydrogen-bond acceptors (Lipinski definition) is 11. The van der Waals surface area contributed by atoms with Gasteiger partial charge in [0.25, 0.3) is 11.6 Å². The summed E-state index contributed by atoms with van der Waals surface area (Å²) in [5, 5.41) is 16.9. The second-order valence-corrected chi connectivity index (χ2v) is 17.8. The van der Waals surface area contributed by atoms with Crippen molar-refractivity contribution in [2.75, 3.05) is 62.7 Å². The summed E-state index contributed by atoms with van der Waals surface area (Å²) in [5.74, 6) is 1.26. The minimum atomic E-state index is -0.445. The van der Waals surface area contributed by atoms with E-state index in [2.05, 4.69) is 41.9 Å². The highest BCUT2D eigenvalue weighted by molar-refractivity contribution is 7.98. The molecule has 0 atom stereocenters. The Labute approximate surface area is 358 Å². The van der Waals surface area contributed by atoms with Crippen LogP contribution < -0.4 is 19.7 Å². The van der Waals surface area contributed by atoms with Gasteiger partial charge in [-0.05, 0) is 128 Å². The van der Waals surface area contributed by atoms with Crippen molar-refractivity contribution in [3.63, 3.8) is 0 Å². The van der Waals surface area contributed by atoms with Gasteiger partial charge in [0.15, 0.2) is 0 Å². The van der Waals surface area contributed by atoms with Crippen molar-refractivity contribution in [2.24, 2.45) is 11.3 Å². The molecule has 3 N–H and O–H groups in total. The molecule has 0 radical (unpaired) electrons. The molecule has 15 heteroatoms. The van der Waals surface area contributed by atoms with E-state index in [9.17, 15) is 14.9 Å². The second kappa shape index (κ2) is 17.8. The summed E-state index contributed by atoms with van der Waals surface area (Å²) in [6.07, 6.45) is 12.8. The SMILES string of the molecule is O=C(NSc1ccc(NCC2CCOCC2)c([N+](=O)[O-])c1)c1ccc(N2CCN(CC3=C(c4ccc(Cl)cc4)CC4(CCC4)CC3)CC2)nc1Oc1cnc2[nH]ccc2c1. The molecule has 2 saturated heterocycles. The van der Waals surface area contributed by atoms with Crippen molar-refractivity contribution < 1.29 is 19.2 Å². The zero-order chi connectivity index (χ0) is 41.1. The van der Waals surface area contributed by atoms with Crippen LogP contribution in [0.2, 0.25) is 5.02 Å². The predicted octanol–water partition coefficient (Wildman–Crippen LogP) is 9.52. The number of H-pyrrole nitrogens is 1. The van der Waals surface area contributed by atoms with Crippen LogP contribution in [0.3, 0.4) is 0 Å². The van der Waals surface area contributed by atoms with E-state index in [-0.39, 0.29) is 17.1 Å². The number of nitro groups is 1. The lowest BCUT2D eigenvalue weighted by atomic mass is 9.59. The highest BCUT2D eigenvalue weighted by Crippen LogP contribution is 2.55. The minimum Gasteiger partial charge on any atom is -0.436 e. The first-order valence-electron chi connectivity index (χ1n) is 20.9. The fourth-order valence-corrected chi connectivity index (χ4v) is 9.73. The number of halogens is 1. The maximum absolute atomic E-state index is 13.8. The van der Waals surface area contributed by atoms with Gasteiger partial charge in [0.2, 0.25) is 5.88 Å². The minimum absolute atomic E-state index is 0.0522. The van der Waals surface area contributed by atoms with Crippen LogP contribution >= 0.6 is 23.5 Å². The number of anilines is 2. The van der Waals surface area contributed by atoms with Gasteiger partial charge in [0.1, 0.15) is 28.5 Å². The van der Waals surface area contributed by atoms with Gasteiger partial charge in [-0.1, -0.05) is 35.7 Å². The fourth-order valence-electron chi connectivity index (χ4n) is 8.98. The lowest BCUT2D eigenvalue weighted by Gasteiger charge is -2.47. The first-order chi connectivity index (χ1) is 29.3. The summed E-state index contributed by atoms with van der Waals surface area (Å²) in [4.78, 5) is 43.3. The van der Waals surface area contributed by atoms with E-state index in [0.717, 1.165) is 92.2 Å². The van der Waals surface area contributed by atoms with Crippen molar-refractivity contribution in [1.29, 1.82) is 0 Å². The van der Waals surface area contributed by atoms with Crippen LogP contribution in [0.4, 0.5) is 17.2 Å².